The fraction of sp³-hybridized carbons (Fsp3) is 0.409. The molecule has 8 rings (SSSR count). The highest BCUT2D eigenvalue weighted by atomic mass is 16.6. The molecular formula is C44H52N2O9. The molecule has 292 valence electrons. The predicted molar refractivity (Wildman–Crippen MR) is 207 cm³/mol. The molecule has 6 atom stereocenters. The maximum absolute atomic E-state index is 12.3. The van der Waals surface area contributed by atoms with E-state index in [0.29, 0.717) is 36.9 Å². The maximum atomic E-state index is 12.3. The van der Waals surface area contributed by atoms with Crippen molar-refractivity contribution in [2.75, 3.05) is 40.4 Å². The number of phenolic OH excluding ortho intramolecular Hbond substituents is 1. The van der Waals surface area contributed by atoms with Gasteiger partial charge in [0.15, 0.2) is 0 Å². The van der Waals surface area contributed by atoms with Crippen LogP contribution in [-0.4, -0.2) is 84.8 Å². The minimum Gasteiger partial charge on any atom is -0.508 e. The molecule has 2 unspecified atom stereocenters. The van der Waals surface area contributed by atoms with Gasteiger partial charge in [-0.15, -0.1) is 0 Å². The smallest absolute Gasteiger partial charge is 0.410 e. The minimum atomic E-state index is -0.229. The second-order valence-electron chi connectivity index (χ2n) is 14.6. The molecule has 4 fully saturated rings. The van der Waals surface area contributed by atoms with E-state index in [1.54, 1.807) is 43.4 Å². The van der Waals surface area contributed by atoms with Gasteiger partial charge < -0.3 is 43.7 Å². The summed E-state index contributed by atoms with van der Waals surface area (Å²) in [5.74, 6) is 4.63. The van der Waals surface area contributed by atoms with Gasteiger partial charge in [-0.3, -0.25) is 0 Å². The number of benzene rings is 4. The van der Waals surface area contributed by atoms with Gasteiger partial charge in [-0.2, -0.15) is 0 Å². The largest absolute Gasteiger partial charge is 0.508 e. The van der Waals surface area contributed by atoms with Gasteiger partial charge in [-0.1, -0.05) is 60.7 Å². The van der Waals surface area contributed by atoms with Crippen molar-refractivity contribution in [1.82, 2.24) is 9.80 Å². The molecule has 0 radical (unpaired) electrons. The van der Waals surface area contributed by atoms with Crippen LogP contribution in [-0.2, 0) is 22.7 Å². The SMILES string of the molecule is COc1ccc(O)cc1.COc1ccc(OC2C[C@@H]3CN(C(=O)OCc4ccccc4)C[C@@H]3C2)cc1.O=C(OCc1ccccc1)N1C[C@H]2CC(O)C[C@H]2C1. The lowest BCUT2D eigenvalue weighted by molar-refractivity contribution is 0.0970. The molecule has 2 saturated heterocycles. The summed E-state index contributed by atoms with van der Waals surface area (Å²) in [6.07, 6.45) is 3.24. The molecule has 11 heteroatoms. The Bertz CT molecular complexity index is 1750. The Labute approximate surface area is 323 Å². The van der Waals surface area contributed by atoms with Crippen LogP contribution in [0.2, 0.25) is 0 Å². The van der Waals surface area contributed by atoms with E-state index in [2.05, 4.69) is 0 Å². The van der Waals surface area contributed by atoms with E-state index in [9.17, 15) is 14.7 Å². The summed E-state index contributed by atoms with van der Waals surface area (Å²) in [4.78, 5) is 27.9. The van der Waals surface area contributed by atoms with Crippen molar-refractivity contribution >= 4 is 12.2 Å². The van der Waals surface area contributed by atoms with Gasteiger partial charge in [0, 0.05) is 26.2 Å². The number of methoxy groups -OCH3 is 2. The molecule has 2 aliphatic carbocycles. The summed E-state index contributed by atoms with van der Waals surface area (Å²) >= 11 is 0. The van der Waals surface area contributed by atoms with Crippen LogP contribution in [0.4, 0.5) is 9.59 Å². The highest BCUT2D eigenvalue weighted by Crippen LogP contribution is 2.40. The zero-order valence-corrected chi connectivity index (χ0v) is 31.6. The number of likely N-dealkylation sites (tertiary alicyclic amines) is 2. The van der Waals surface area contributed by atoms with Gasteiger partial charge in [-0.25, -0.2) is 9.59 Å². The van der Waals surface area contributed by atoms with Crippen molar-refractivity contribution < 1.29 is 43.5 Å². The van der Waals surface area contributed by atoms with Crippen LogP contribution in [0.3, 0.4) is 0 Å². The Morgan fingerprint density at radius 3 is 1.36 bits per heavy atom. The Hall–Kier alpha value is -5.42. The van der Waals surface area contributed by atoms with E-state index in [1.165, 1.54) is 0 Å². The summed E-state index contributed by atoms with van der Waals surface area (Å²) < 4.78 is 27.0. The van der Waals surface area contributed by atoms with E-state index in [-0.39, 0.29) is 30.1 Å². The normalized spacial score (nSPS) is 23.3. The molecule has 2 aliphatic heterocycles. The highest BCUT2D eigenvalue weighted by Gasteiger charge is 2.44. The van der Waals surface area contributed by atoms with E-state index < -0.39 is 0 Å². The number of nitrogens with zero attached hydrogens (tertiary/aromatic N) is 2. The lowest BCUT2D eigenvalue weighted by Gasteiger charge is -2.20. The number of hydrogen-bond acceptors (Lipinski definition) is 9. The third kappa shape index (κ3) is 11.3. The van der Waals surface area contributed by atoms with Crippen LogP contribution < -0.4 is 14.2 Å². The van der Waals surface area contributed by atoms with E-state index in [0.717, 1.165) is 80.2 Å². The van der Waals surface area contributed by atoms with Crippen molar-refractivity contribution in [3.63, 3.8) is 0 Å². The molecule has 4 aromatic rings. The molecule has 4 aliphatic rings. The molecule has 4 aromatic carbocycles. The molecule has 0 spiro atoms. The van der Waals surface area contributed by atoms with Crippen LogP contribution in [0, 0.1) is 23.7 Å². The first-order chi connectivity index (χ1) is 26.8. The number of rotatable bonds is 8. The van der Waals surface area contributed by atoms with Crippen LogP contribution in [0.5, 0.6) is 23.0 Å². The van der Waals surface area contributed by atoms with Gasteiger partial charge >= 0.3 is 12.2 Å². The van der Waals surface area contributed by atoms with Crippen LogP contribution >= 0.6 is 0 Å². The molecular weight excluding hydrogens is 700 g/mol. The first-order valence-corrected chi connectivity index (χ1v) is 19.0. The number of hydrogen-bond donors (Lipinski definition) is 2. The Morgan fingerprint density at radius 2 is 0.945 bits per heavy atom. The number of fused-ring (bicyclic) bond motifs is 2. The van der Waals surface area contributed by atoms with Gasteiger partial charge in [0.25, 0.3) is 0 Å². The van der Waals surface area contributed by atoms with Gasteiger partial charge in [0.2, 0.25) is 0 Å². The van der Waals surface area contributed by atoms with Crippen molar-refractivity contribution in [3.05, 3.63) is 120 Å². The van der Waals surface area contributed by atoms with Crippen LogP contribution in [0.1, 0.15) is 36.8 Å². The lowest BCUT2D eigenvalue weighted by Crippen LogP contribution is -2.31. The fourth-order valence-electron chi connectivity index (χ4n) is 7.96. The topological polar surface area (TPSA) is 127 Å². The summed E-state index contributed by atoms with van der Waals surface area (Å²) in [5.41, 5.74) is 2.02. The Balaban J connectivity index is 0.000000159. The summed E-state index contributed by atoms with van der Waals surface area (Å²) in [5, 5.41) is 18.4. The standard InChI is InChI=1S/C22H25NO4.C15H19NO3.C7H8O2/c1-25-19-7-9-20(10-8-19)27-21-11-17-13-23(14-18(17)12-21)22(24)26-15-16-5-3-2-4-6-16;17-14-6-12-8-16(9-13(12)7-14)15(18)19-10-11-4-2-1-3-5-11;1-9-7-4-2-6(8)3-5-7/h2-10,17-18,21H,11-15H2,1H3;1-5,12-14,17H,6-10H2;2-5,8H,1H3/t17-,18+,21?;12-,13+,14?;. The van der Waals surface area contributed by atoms with Crippen molar-refractivity contribution in [3.8, 4) is 23.0 Å². The molecule has 0 bridgehead atoms. The van der Waals surface area contributed by atoms with Gasteiger partial charge in [0.05, 0.1) is 26.4 Å². The Morgan fingerprint density at radius 1 is 0.564 bits per heavy atom. The average molecular weight is 753 g/mol. The quantitative estimate of drug-likeness (QED) is 0.188. The number of aliphatic hydroxyl groups is 1. The number of aliphatic hydroxyl groups excluding tert-OH is 1. The van der Waals surface area contributed by atoms with Crippen molar-refractivity contribution in [1.29, 1.82) is 0 Å². The first-order valence-electron chi connectivity index (χ1n) is 19.0. The van der Waals surface area contributed by atoms with Crippen LogP contribution in [0.25, 0.3) is 0 Å². The van der Waals surface area contributed by atoms with Crippen LogP contribution in [0.15, 0.2) is 109 Å². The van der Waals surface area contributed by atoms with Gasteiger partial charge in [-0.05, 0) is 109 Å². The molecule has 2 amide bonds. The Kier molecular flexibility index (Phi) is 13.7. The monoisotopic (exact) mass is 752 g/mol. The zero-order chi connectivity index (χ0) is 38.6. The maximum Gasteiger partial charge on any atom is 0.410 e. The highest BCUT2D eigenvalue weighted by molar-refractivity contribution is 5.68. The molecule has 55 heavy (non-hydrogen) atoms. The number of carbonyl (C=O) groups excluding carboxylic acids is 2. The van der Waals surface area contributed by atoms with E-state index in [4.69, 9.17) is 28.8 Å². The predicted octanol–water partition coefficient (Wildman–Crippen LogP) is 7.55. The molecule has 2 N–H and O–H groups in total. The molecule has 2 saturated carbocycles. The molecule has 0 aromatic heterocycles. The van der Waals surface area contributed by atoms with E-state index in [1.807, 2.05) is 89.8 Å². The summed E-state index contributed by atoms with van der Waals surface area (Å²) in [6, 6.07) is 33.8. The third-order valence-corrected chi connectivity index (χ3v) is 10.8. The number of amides is 2. The third-order valence-electron chi connectivity index (χ3n) is 10.8. The number of aromatic hydroxyl groups is 1. The summed E-state index contributed by atoms with van der Waals surface area (Å²) in [7, 11) is 3.25. The van der Waals surface area contributed by atoms with E-state index >= 15 is 0 Å². The van der Waals surface area contributed by atoms with Crippen molar-refractivity contribution in [2.45, 2.75) is 51.1 Å². The zero-order valence-electron chi connectivity index (χ0n) is 31.6. The fourth-order valence-corrected chi connectivity index (χ4v) is 7.96. The first kappa shape index (κ1) is 39.3. The summed E-state index contributed by atoms with van der Waals surface area (Å²) in [6.45, 7) is 3.65. The number of carbonyl (C=O) groups is 2. The molecule has 11 nitrogen and oxygen atoms in total. The molecule has 2 heterocycles. The number of ether oxygens (including phenoxy) is 5. The number of phenols is 1. The second-order valence-corrected chi connectivity index (χ2v) is 14.6. The van der Waals surface area contributed by atoms with Gasteiger partial charge in [0.1, 0.15) is 36.2 Å². The lowest BCUT2D eigenvalue weighted by atomic mass is 10.0. The minimum absolute atomic E-state index is 0.169. The van der Waals surface area contributed by atoms with Crippen molar-refractivity contribution in [2.24, 2.45) is 23.7 Å². The second kappa shape index (κ2) is 19.3. The average Bonchev–Trinajstić information content (AvgIpc) is 3.98.